The fraction of sp³-hybridized carbons (Fsp3) is 0.270. The van der Waals surface area contributed by atoms with Gasteiger partial charge in [-0.1, -0.05) is 54.6 Å². The lowest BCUT2D eigenvalue weighted by molar-refractivity contribution is -0.125. The van der Waals surface area contributed by atoms with Crippen LogP contribution in [-0.4, -0.2) is 46.4 Å². The highest BCUT2D eigenvalue weighted by Crippen LogP contribution is 2.31. The highest BCUT2D eigenvalue weighted by atomic mass is 16.5. The Kier molecular flexibility index (Phi) is 9.87. The molecule has 0 aliphatic rings. The standard InChI is InChI=1S/C37H39NO6/c1-43-36-20-25(8-11-32(36)39)17-30(16-24-7-10-28-5-3-4-6-29(28)15-24)34(41)22-35(42)31(19-27-13-14-38-23-27)18-26-9-12-33(40)37(21-26)44-2/h3-15,20-21,23,30-31,35,38-40,42H,16-19,22H2,1-2H3/t30-,31+,35+/m0/s1. The van der Waals surface area contributed by atoms with E-state index in [1.165, 1.54) is 14.2 Å². The summed E-state index contributed by atoms with van der Waals surface area (Å²) in [7, 11) is 3.00. The van der Waals surface area contributed by atoms with Crippen molar-refractivity contribution >= 4 is 16.6 Å². The Morgan fingerprint density at radius 2 is 1.27 bits per heavy atom. The molecule has 44 heavy (non-hydrogen) atoms. The molecule has 0 aliphatic heterocycles. The number of ether oxygens (including phenoxy) is 2. The maximum Gasteiger partial charge on any atom is 0.160 e. The SMILES string of the molecule is COc1cc(C[C@H](Cc2ccc3ccccc3c2)C(=O)C[C@@H](O)[C@@H](Cc2cc[nH]c2)Cc2ccc(O)c(OC)c2)ccc1O. The monoisotopic (exact) mass is 593 g/mol. The van der Waals surface area contributed by atoms with E-state index in [2.05, 4.69) is 35.3 Å². The smallest absolute Gasteiger partial charge is 0.160 e. The van der Waals surface area contributed by atoms with Crippen molar-refractivity contribution in [3.8, 4) is 23.0 Å². The van der Waals surface area contributed by atoms with Gasteiger partial charge in [0.1, 0.15) is 5.78 Å². The van der Waals surface area contributed by atoms with E-state index in [4.69, 9.17) is 9.47 Å². The molecule has 228 valence electrons. The first-order valence-electron chi connectivity index (χ1n) is 14.8. The number of aliphatic hydroxyl groups excluding tert-OH is 1. The number of benzene rings is 4. The van der Waals surface area contributed by atoms with Crippen LogP contribution < -0.4 is 9.47 Å². The third-order valence-electron chi connectivity index (χ3n) is 8.33. The average Bonchev–Trinajstić information content (AvgIpc) is 3.55. The van der Waals surface area contributed by atoms with Gasteiger partial charge in [-0.3, -0.25) is 4.79 Å². The molecule has 0 aliphatic carbocycles. The van der Waals surface area contributed by atoms with Gasteiger partial charge in [0.05, 0.1) is 20.3 Å². The molecule has 0 radical (unpaired) electrons. The molecule has 0 saturated carbocycles. The first-order chi connectivity index (χ1) is 21.3. The van der Waals surface area contributed by atoms with Gasteiger partial charge in [-0.25, -0.2) is 0 Å². The Balaban J connectivity index is 1.40. The molecule has 4 aromatic carbocycles. The minimum absolute atomic E-state index is 0.00221. The minimum Gasteiger partial charge on any atom is -0.504 e. The number of phenols is 2. The lowest BCUT2D eigenvalue weighted by atomic mass is 9.82. The Hall–Kier alpha value is -4.75. The molecule has 5 rings (SSSR count). The fourth-order valence-corrected chi connectivity index (χ4v) is 5.91. The summed E-state index contributed by atoms with van der Waals surface area (Å²) in [5.74, 6) is 0.142. The van der Waals surface area contributed by atoms with E-state index in [0.29, 0.717) is 37.2 Å². The van der Waals surface area contributed by atoms with Gasteiger partial charge >= 0.3 is 0 Å². The van der Waals surface area contributed by atoms with Crippen LogP contribution in [0.3, 0.4) is 0 Å². The number of H-pyrrole nitrogens is 1. The predicted octanol–water partition coefficient (Wildman–Crippen LogP) is 6.42. The molecule has 1 heterocycles. The number of hydrogen-bond acceptors (Lipinski definition) is 6. The van der Waals surface area contributed by atoms with E-state index >= 15 is 0 Å². The lowest BCUT2D eigenvalue weighted by Gasteiger charge is -2.25. The first kappa shape index (κ1) is 30.7. The number of rotatable bonds is 14. The minimum atomic E-state index is -0.898. The van der Waals surface area contributed by atoms with Gasteiger partial charge in [0.25, 0.3) is 0 Å². The van der Waals surface area contributed by atoms with Crippen molar-refractivity contribution < 1.29 is 29.6 Å². The molecule has 7 heteroatoms. The molecule has 0 saturated heterocycles. The van der Waals surface area contributed by atoms with E-state index in [-0.39, 0.29) is 29.6 Å². The van der Waals surface area contributed by atoms with Gasteiger partial charge < -0.3 is 29.8 Å². The van der Waals surface area contributed by atoms with Crippen molar-refractivity contribution in [2.75, 3.05) is 14.2 Å². The highest BCUT2D eigenvalue weighted by Gasteiger charge is 2.28. The summed E-state index contributed by atoms with van der Waals surface area (Å²) in [6.45, 7) is 0. The number of aromatic nitrogens is 1. The van der Waals surface area contributed by atoms with Crippen molar-refractivity contribution in [1.29, 1.82) is 0 Å². The third kappa shape index (κ3) is 7.60. The summed E-state index contributed by atoms with van der Waals surface area (Å²) < 4.78 is 10.6. The zero-order chi connectivity index (χ0) is 31.1. The Morgan fingerprint density at radius 3 is 1.89 bits per heavy atom. The number of hydrogen-bond donors (Lipinski definition) is 4. The molecule has 1 aromatic heterocycles. The van der Waals surface area contributed by atoms with Crippen LogP contribution in [-0.2, 0) is 30.5 Å². The second-order valence-corrected chi connectivity index (χ2v) is 11.4. The second kappa shape index (κ2) is 14.1. The molecule has 0 unspecified atom stereocenters. The molecular weight excluding hydrogens is 554 g/mol. The second-order valence-electron chi connectivity index (χ2n) is 11.4. The summed E-state index contributed by atoms with van der Waals surface area (Å²) >= 11 is 0. The molecule has 5 aromatic rings. The van der Waals surface area contributed by atoms with Crippen LogP contribution in [0.2, 0.25) is 0 Å². The average molecular weight is 594 g/mol. The number of aliphatic hydroxyl groups is 1. The fourth-order valence-electron chi connectivity index (χ4n) is 5.91. The number of nitrogens with one attached hydrogen (secondary N) is 1. The number of fused-ring (bicyclic) bond motifs is 1. The van der Waals surface area contributed by atoms with Gasteiger partial charge in [0.2, 0.25) is 0 Å². The topological polar surface area (TPSA) is 112 Å². The molecule has 3 atom stereocenters. The van der Waals surface area contributed by atoms with Crippen LogP contribution in [0, 0.1) is 11.8 Å². The molecule has 0 bridgehead atoms. The van der Waals surface area contributed by atoms with E-state index in [1.807, 2.05) is 42.7 Å². The Morgan fingerprint density at radius 1 is 0.705 bits per heavy atom. The van der Waals surface area contributed by atoms with Crippen molar-refractivity contribution in [2.24, 2.45) is 11.8 Å². The zero-order valence-electron chi connectivity index (χ0n) is 25.1. The van der Waals surface area contributed by atoms with Crippen LogP contribution in [0.5, 0.6) is 23.0 Å². The molecule has 0 fully saturated rings. The Bertz CT molecular complexity index is 1700. The van der Waals surface area contributed by atoms with Gasteiger partial charge in [0, 0.05) is 24.7 Å². The van der Waals surface area contributed by atoms with Crippen molar-refractivity contribution in [3.63, 3.8) is 0 Å². The van der Waals surface area contributed by atoms with Crippen molar-refractivity contribution in [1.82, 2.24) is 4.98 Å². The number of Topliss-reactive ketones (excluding diaryl/α,β-unsaturated/α-hetero) is 1. The van der Waals surface area contributed by atoms with Gasteiger partial charge in [-0.2, -0.15) is 0 Å². The maximum absolute atomic E-state index is 14.1. The molecule has 7 nitrogen and oxygen atoms in total. The van der Waals surface area contributed by atoms with Crippen LogP contribution in [0.4, 0.5) is 0 Å². The quantitative estimate of drug-likeness (QED) is 0.118. The molecular formula is C37H39NO6. The Labute approximate surface area is 257 Å². The maximum atomic E-state index is 14.1. The number of carbonyl (C=O) groups is 1. The van der Waals surface area contributed by atoms with Crippen LogP contribution >= 0.6 is 0 Å². The lowest BCUT2D eigenvalue weighted by Crippen LogP contribution is -2.31. The number of phenolic OH excluding ortho intramolecular Hbond substituents is 2. The van der Waals surface area contributed by atoms with Crippen LogP contribution in [0.25, 0.3) is 10.8 Å². The number of methoxy groups -OCH3 is 2. The van der Waals surface area contributed by atoms with Gasteiger partial charge in [-0.05, 0) is 95.0 Å². The summed E-state index contributed by atoms with van der Waals surface area (Å²) in [6, 6.07) is 26.7. The van der Waals surface area contributed by atoms with Crippen LogP contribution in [0.1, 0.15) is 28.7 Å². The summed E-state index contributed by atoms with van der Waals surface area (Å²) in [5.41, 5.74) is 3.85. The van der Waals surface area contributed by atoms with Gasteiger partial charge in [-0.15, -0.1) is 0 Å². The van der Waals surface area contributed by atoms with Crippen molar-refractivity contribution in [3.05, 3.63) is 120 Å². The number of aromatic amines is 1. The van der Waals surface area contributed by atoms with E-state index < -0.39 is 12.0 Å². The number of ketones is 1. The van der Waals surface area contributed by atoms with E-state index in [1.54, 1.807) is 24.3 Å². The van der Waals surface area contributed by atoms with E-state index in [9.17, 15) is 20.1 Å². The summed E-state index contributed by atoms with van der Waals surface area (Å²) in [4.78, 5) is 17.1. The normalized spacial score (nSPS) is 13.3. The summed E-state index contributed by atoms with van der Waals surface area (Å²) in [6.07, 6.45) is 4.87. The highest BCUT2D eigenvalue weighted by molar-refractivity contribution is 5.84. The van der Waals surface area contributed by atoms with E-state index in [0.717, 1.165) is 33.0 Å². The molecule has 0 amide bonds. The summed E-state index contributed by atoms with van der Waals surface area (Å²) in [5, 5.41) is 34.0. The first-order valence-corrected chi connectivity index (χ1v) is 14.8. The number of carbonyl (C=O) groups excluding carboxylic acids is 1. The predicted molar refractivity (Wildman–Crippen MR) is 171 cm³/mol. The molecule has 0 spiro atoms. The number of aromatic hydroxyl groups is 2. The van der Waals surface area contributed by atoms with Crippen LogP contribution in [0.15, 0.2) is 97.3 Å². The van der Waals surface area contributed by atoms with Crippen molar-refractivity contribution in [2.45, 2.75) is 38.2 Å². The zero-order valence-corrected chi connectivity index (χ0v) is 25.1. The van der Waals surface area contributed by atoms with Gasteiger partial charge in [0.15, 0.2) is 23.0 Å². The largest absolute Gasteiger partial charge is 0.504 e. The molecule has 4 N–H and O–H groups in total. The third-order valence-corrected chi connectivity index (χ3v) is 8.33.